The van der Waals surface area contributed by atoms with Gasteiger partial charge >= 0.3 is 5.97 Å². The summed E-state index contributed by atoms with van der Waals surface area (Å²) in [4.78, 5) is 11.2. The summed E-state index contributed by atoms with van der Waals surface area (Å²) in [5, 5.41) is 18.2. The van der Waals surface area contributed by atoms with Crippen molar-refractivity contribution in [1.29, 1.82) is 5.26 Å². The zero-order valence-electron chi connectivity index (χ0n) is 10.6. The zero-order valence-corrected chi connectivity index (χ0v) is 11.3. The third kappa shape index (κ3) is 2.73. The second-order valence-electron chi connectivity index (χ2n) is 4.12. The maximum atomic E-state index is 11.2. The van der Waals surface area contributed by atoms with Gasteiger partial charge in [0.1, 0.15) is 17.1 Å². The van der Waals surface area contributed by atoms with Gasteiger partial charge < -0.3 is 9.84 Å². The summed E-state index contributed by atoms with van der Waals surface area (Å²) >= 11 is 6.02. The highest BCUT2D eigenvalue weighted by atomic mass is 35.5. The van der Waals surface area contributed by atoms with E-state index in [-0.39, 0.29) is 16.3 Å². The van der Waals surface area contributed by atoms with Crippen LogP contribution in [0.5, 0.6) is 11.5 Å². The molecule has 2 aromatic rings. The maximum absolute atomic E-state index is 11.2. The van der Waals surface area contributed by atoms with Crippen molar-refractivity contribution in [1.82, 2.24) is 0 Å². The van der Waals surface area contributed by atoms with E-state index in [9.17, 15) is 4.79 Å². The normalized spacial score (nSPS) is 9.85. The van der Waals surface area contributed by atoms with E-state index >= 15 is 0 Å². The Morgan fingerprint density at radius 1 is 1.35 bits per heavy atom. The van der Waals surface area contributed by atoms with Crippen molar-refractivity contribution in [2.24, 2.45) is 0 Å². The van der Waals surface area contributed by atoms with E-state index in [1.54, 1.807) is 31.2 Å². The molecule has 0 aliphatic carbocycles. The second-order valence-corrected chi connectivity index (χ2v) is 4.52. The van der Waals surface area contributed by atoms with Gasteiger partial charge in [-0.25, -0.2) is 4.79 Å². The van der Waals surface area contributed by atoms with E-state index in [2.05, 4.69) is 0 Å². The number of para-hydroxylation sites is 1. The molecule has 2 aromatic carbocycles. The highest BCUT2D eigenvalue weighted by molar-refractivity contribution is 6.32. The number of carboxylic acid groups (broad SMARTS) is 1. The summed E-state index contributed by atoms with van der Waals surface area (Å²) < 4.78 is 5.61. The molecule has 0 aliphatic heterocycles. The van der Waals surface area contributed by atoms with Crippen LogP contribution in [0.25, 0.3) is 0 Å². The van der Waals surface area contributed by atoms with Gasteiger partial charge in [-0.3, -0.25) is 0 Å². The number of nitriles is 1. The topological polar surface area (TPSA) is 70.3 Å². The minimum Gasteiger partial charge on any atom is -0.478 e. The van der Waals surface area contributed by atoms with Crippen LogP contribution in [-0.4, -0.2) is 11.1 Å². The predicted octanol–water partition coefficient (Wildman–Crippen LogP) is 4.01. The van der Waals surface area contributed by atoms with Gasteiger partial charge in [0.15, 0.2) is 0 Å². The lowest BCUT2D eigenvalue weighted by Crippen LogP contribution is -2.01. The lowest BCUT2D eigenvalue weighted by atomic mass is 10.1. The number of rotatable bonds is 3. The minimum atomic E-state index is -1.08. The quantitative estimate of drug-likeness (QED) is 0.926. The molecule has 0 saturated carbocycles. The smallest absolute Gasteiger partial charge is 0.339 e. The van der Waals surface area contributed by atoms with Gasteiger partial charge in [-0.05, 0) is 36.8 Å². The fourth-order valence-electron chi connectivity index (χ4n) is 1.72. The Hall–Kier alpha value is -2.51. The first-order valence-electron chi connectivity index (χ1n) is 5.73. The molecule has 100 valence electrons. The first kappa shape index (κ1) is 13.9. The number of aromatic carboxylic acids is 1. The average molecular weight is 288 g/mol. The van der Waals surface area contributed by atoms with Crippen molar-refractivity contribution in [3.05, 3.63) is 58.1 Å². The van der Waals surface area contributed by atoms with Gasteiger partial charge in [-0.2, -0.15) is 5.26 Å². The molecule has 20 heavy (non-hydrogen) atoms. The molecule has 0 heterocycles. The fourth-order valence-corrected chi connectivity index (χ4v) is 1.94. The minimum absolute atomic E-state index is 0.0606. The van der Waals surface area contributed by atoms with E-state index in [1.807, 2.05) is 6.07 Å². The molecule has 1 N–H and O–H groups in total. The average Bonchev–Trinajstić information content (AvgIpc) is 2.42. The van der Waals surface area contributed by atoms with Crippen LogP contribution in [0, 0.1) is 18.3 Å². The standard InChI is InChI=1S/C15H10ClNO3/c1-9-3-2-4-11(15(18)19)14(9)20-13-6-5-10(8-17)7-12(13)16/h2-7H,1H3,(H,18,19). The lowest BCUT2D eigenvalue weighted by Gasteiger charge is -2.12. The number of nitrogens with zero attached hydrogens (tertiary/aromatic N) is 1. The summed E-state index contributed by atoms with van der Waals surface area (Å²) in [6.07, 6.45) is 0. The summed E-state index contributed by atoms with van der Waals surface area (Å²) in [6, 6.07) is 11.4. The van der Waals surface area contributed by atoms with Crippen molar-refractivity contribution in [2.45, 2.75) is 6.92 Å². The Morgan fingerprint density at radius 3 is 2.70 bits per heavy atom. The number of halogens is 1. The van der Waals surface area contributed by atoms with E-state index in [0.717, 1.165) is 0 Å². The van der Waals surface area contributed by atoms with Crippen LogP contribution in [0.1, 0.15) is 21.5 Å². The summed E-state index contributed by atoms with van der Waals surface area (Å²) in [5.41, 5.74) is 1.15. The Bertz CT molecular complexity index is 720. The summed E-state index contributed by atoms with van der Waals surface area (Å²) in [7, 11) is 0. The highest BCUT2D eigenvalue weighted by Crippen LogP contribution is 2.33. The number of benzene rings is 2. The first-order valence-corrected chi connectivity index (χ1v) is 6.11. The molecule has 0 radical (unpaired) electrons. The Kier molecular flexibility index (Phi) is 3.92. The number of ether oxygens (including phenoxy) is 1. The van der Waals surface area contributed by atoms with E-state index in [1.165, 1.54) is 12.1 Å². The van der Waals surface area contributed by atoms with Crippen molar-refractivity contribution < 1.29 is 14.6 Å². The van der Waals surface area contributed by atoms with Crippen LogP contribution in [0.15, 0.2) is 36.4 Å². The van der Waals surface area contributed by atoms with Gasteiger partial charge in [-0.1, -0.05) is 23.7 Å². The monoisotopic (exact) mass is 287 g/mol. The number of carboxylic acids is 1. The van der Waals surface area contributed by atoms with Gasteiger partial charge in [-0.15, -0.1) is 0 Å². The third-order valence-electron chi connectivity index (χ3n) is 2.72. The molecule has 0 bridgehead atoms. The lowest BCUT2D eigenvalue weighted by molar-refractivity contribution is 0.0694. The fraction of sp³-hybridized carbons (Fsp3) is 0.0667. The zero-order chi connectivity index (χ0) is 14.7. The molecule has 0 fully saturated rings. The molecular weight excluding hydrogens is 278 g/mol. The highest BCUT2D eigenvalue weighted by Gasteiger charge is 2.15. The van der Waals surface area contributed by atoms with E-state index < -0.39 is 5.97 Å². The summed E-state index contributed by atoms with van der Waals surface area (Å²) in [5.74, 6) is -0.525. The molecule has 0 unspecified atom stereocenters. The predicted molar refractivity (Wildman–Crippen MR) is 74.4 cm³/mol. The van der Waals surface area contributed by atoms with Crippen molar-refractivity contribution in [3.8, 4) is 17.6 Å². The largest absolute Gasteiger partial charge is 0.478 e. The van der Waals surface area contributed by atoms with Crippen LogP contribution in [0.3, 0.4) is 0 Å². The van der Waals surface area contributed by atoms with Crippen LogP contribution in [0.4, 0.5) is 0 Å². The number of aryl methyl sites for hydroxylation is 1. The molecule has 0 aliphatic rings. The number of carbonyl (C=O) groups is 1. The molecule has 4 nitrogen and oxygen atoms in total. The van der Waals surface area contributed by atoms with Crippen LogP contribution in [0.2, 0.25) is 5.02 Å². The molecule has 0 atom stereocenters. The van der Waals surface area contributed by atoms with Crippen molar-refractivity contribution >= 4 is 17.6 Å². The molecule has 0 spiro atoms. The van der Waals surface area contributed by atoms with Gasteiger partial charge in [0, 0.05) is 0 Å². The van der Waals surface area contributed by atoms with Crippen LogP contribution < -0.4 is 4.74 Å². The maximum Gasteiger partial charge on any atom is 0.339 e. The molecule has 0 amide bonds. The molecule has 0 saturated heterocycles. The number of hydrogen-bond donors (Lipinski definition) is 1. The molecular formula is C15H10ClNO3. The Morgan fingerprint density at radius 2 is 2.10 bits per heavy atom. The molecule has 0 aromatic heterocycles. The van der Waals surface area contributed by atoms with Gasteiger partial charge in [0.25, 0.3) is 0 Å². The SMILES string of the molecule is Cc1cccc(C(=O)O)c1Oc1ccc(C#N)cc1Cl. The van der Waals surface area contributed by atoms with Gasteiger partial charge in [0.05, 0.1) is 16.7 Å². The Balaban J connectivity index is 2.45. The van der Waals surface area contributed by atoms with Crippen LogP contribution >= 0.6 is 11.6 Å². The number of hydrogen-bond acceptors (Lipinski definition) is 3. The van der Waals surface area contributed by atoms with E-state index in [4.69, 9.17) is 26.7 Å². The van der Waals surface area contributed by atoms with Gasteiger partial charge in [0.2, 0.25) is 0 Å². The first-order chi connectivity index (χ1) is 9.52. The van der Waals surface area contributed by atoms with Crippen LogP contribution in [-0.2, 0) is 0 Å². The van der Waals surface area contributed by atoms with Crippen molar-refractivity contribution in [2.75, 3.05) is 0 Å². The third-order valence-corrected chi connectivity index (χ3v) is 3.01. The van der Waals surface area contributed by atoms with E-state index in [0.29, 0.717) is 16.9 Å². The van der Waals surface area contributed by atoms with Crippen molar-refractivity contribution in [3.63, 3.8) is 0 Å². The Labute approximate surface area is 120 Å². The molecule has 5 heteroatoms. The summed E-state index contributed by atoms with van der Waals surface area (Å²) in [6.45, 7) is 1.75. The molecule has 2 rings (SSSR count). The second kappa shape index (κ2) is 5.64.